The Bertz CT molecular complexity index is 727. The fourth-order valence-electron chi connectivity index (χ4n) is 2.58. The third kappa shape index (κ3) is 3.73. The normalized spacial score (nSPS) is 22.0. The highest BCUT2D eigenvalue weighted by molar-refractivity contribution is 8.18. The Morgan fingerprint density at radius 2 is 2.13 bits per heavy atom. The maximum Gasteiger partial charge on any atom is 0.270 e. The Hall–Kier alpha value is -1.86. The van der Waals surface area contributed by atoms with Gasteiger partial charge in [0.1, 0.15) is 0 Å². The van der Waals surface area contributed by atoms with E-state index in [1.54, 1.807) is 6.08 Å². The number of thioether (sulfide) groups is 1. The van der Waals surface area contributed by atoms with Crippen molar-refractivity contribution in [3.05, 3.63) is 43.8 Å². The van der Waals surface area contributed by atoms with Gasteiger partial charge >= 0.3 is 0 Å². The molecular formula is C15H14ClN3O3S. The van der Waals surface area contributed by atoms with E-state index in [0.29, 0.717) is 20.7 Å². The molecule has 1 saturated heterocycles. The second kappa shape index (κ2) is 6.72. The highest BCUT2D eigenvalue weighted by Crippen LogP contribution is 2.31. The molecule has 8 heteroatoms. The standard InChI is InChI=1S/C15H14ClN3O3S/c16-12-6-5-11(19(21)22)7-9(12)8-13-14(20)18-15(23-13)17-10-3-1-2-4-10/h5-8,10H,1-4H2,(H,17,18,20)/b13-8-. The van der Waals surface area contributed by atoms with Gasteiger partial charge in [-0.1, -0.05) is 24.4 Å². The van der Waals surface area contributed by atoms with E-state index in [1.807, 2.05) is 0 Å². The number of carbonyl (C=O) groups excluding carboxylic acids is 1. The lowest BCUT2D eigenvalue weighted by Crippen LogP contribution is -2.21. The van der Waals surface area contributed by atoms with Gasteiger partial charge in [0.25, 0.3) is 11.6 Å². The third-order valence-corrected chi connectivity index (χ3v) is 5.02. The second-order valence-corrected chi connectivity index (χ2v) is 6.84. The average molecular weight is 352 g/mol. The molecule has 1 N–H and O–H groups in total. The van der Waals surface area contributed by atoms with Crippen molar-refractivity contribution in [1.82, 2.24) is 5.32 Å². The summed E-state index contributed by atoms with van der Waals surface area (Å²) >= 11 is 7.31. The zero-order valence-corrected chi connectivity index (χ0v) is 13.7. The Kier molecular flexibility index (Phi) is 4.68. The molecule has 1 amide bonds. The van der Waals surface area contributed by atoms with Gasteiger partial charge in [-0.05, 0) is 36.7 Å². The molecule has 1 aromatic carbocycles. The van der Waals surface area contributed by atoms with Crippen LogP contribution in [-0.2, 0) is 4.79 Å². The first-order chi connectivity index (χ1) is 11.0. The predicted octanol–water partition coefficient (Wildman–Crippen LogP) is 3.75. The van der Waals surface area contributed by atoms with Crippen molar-refractivity contribution in [3.63, 3.8) is 0 Å². The summed E-state index contributed by atoms with van der Waals surface area (Å²) in [5.74, 6) is -0.255. The SMILES string of the molecule is O=C1NC(=NC2CCCC2)S/C1=C\c1cc([N+](=O)[O-])ccc1Cl. The van der Waals surface area contributed by atoms with Gasteiger partial charge in [-0.3, -0.25) is 19.9 Å². The first kappa shape index (κ1) is 16.0. The number of benzene rings is 1. The van der Waals surface area contributed by atoms with Gasteiger partial charge in [0.2, 0.25) is 0 Å². The summed E-state index contributed by atoms with van der Waals surface area (Å²) in [6.45, 7) is 0. The number of non-ortho nitro benzene ring substituents is 1. The van der Waals surface area contributed by atoms with Crippen molar-refractivity contribution >= 4 is 46.2 Å². The maximum atomic E-state index is 12.0. The molecule has 0 radical (unpaired) electrons. The summed E-state index contributed by atoms with van der Waals surface area (Å²) in [7, 11) is 0. The van der Waals surface area contributed by atoms with Crippen LogP contribution in [0.2, 0.25) is 5.02 Å². The quantitative estimate of drug-likeness (QED) is 0.510. The van der Waals surface area contributed by atoms with Gasteiger partial charge in [0.15, 0.2) is 5.17 Å². The van der Waals surface area contributed by atoms with Crippen LogP contribution < -0.4 is 5.32 Å². The monoisotopic (exact) mass is 351 g/mol. The lowest BCUT2D eigenvalue weighted by Gasteiger charge is -2.02. The van der Waals surface area contributed by atoms with Gasteiger partial charge < -0.3 is 5.32 Å². The zero-order chi connectivity index (χ0) is 16.4. The number of nitrogens with one attached hydrogen (secondary N) is 1. The van der Waals surface area contributed by atoms with Gasteiger partial charge in [0.05, 0.1) is 15.9 Å². The molecule has 2 fully saturated rings. The van der Waals surface area contributed by atoms with Crippen molar-refractivity contribution in [2.24, 2.45) is 4.99 Å². The summed E-state index contributed by atoms with van der Waals surface area (Å²) in [5.41, 5.74) is 0.380. The Labute approximate surface area is 142 Å². The highest BCUT2D eigenvalue weighted by Gasteiger charge is 2.26. The Balaban J connectivity index is 1.84. The summed E-state index contributed by atoms with van der Waals surface area (Å²) in [6.07, 6.45) is 6.01. The summed E-state index contributed by atoms with van der Waals surface area (Å²) in [4.78, 5) is 27.4. The topological polar surface area (TPSA) is 84.6 Å². The van der Waals surface area contributed by atoms with E-state index in [9.17, 15) is 14.9 Å². The van der Waals surface area contributed by atoms with Gasteiger partial charge in [-0.15, -0.1) is 0 Å². The number of amides is 1. The fraction of sp³-hybridized carbons (Fsp3) is 0.333. The number of amidine groups is 1. The van der Waals surface area contributed by atoms with E-state index in [1.165, 1.54) is 42.8 Å². The molecule has 1 aliphatic carbocycles. The smallest absolute Gasteiger partial charge is 0.270 e. The maximum absolute atomic E-state index is 12.0. The molecular weight excluding hydrogens is 338 g/mol. The molecule has 0 spiro atoms. The molecule has 1 saturated carbocycles. The van der Waals surface area contributed by atoms with Crippen LogP contribution in [0.1, 0.15) is 31.2 Å². The molecule has 0 atom stereocenters. The molecule has 1 heterocycles. The van der Waals surface area contributed by atoms with Crippen LogP contribution in [0.3, 0.4) is 0 Å². The molecule has 6 nitrogen and oxygen atoms in total. The van der Waals surface area contributed by atoms with Gasteiger partial charge in [0, 0.05) is 22.7 Å². The fourth-order valence-corrected chi connectivity index (χ4v) is 3.64. The average Bonchev–Trinajstić information content (AvgIpc) is 3.12. The van der Waals surface area contributed by atoms with E-state index < -0.39 is 4.92 Å². The number of nitrogens with zero attached hydrogens (tertiary/aromatic N) is 2. The number of hydrogen-bond donors (Lipinski definition) is 1. The van der Waals surface area contributed by atoms with Crippen LogP contribution in [0, 0.1) is 10.1 Å². The number of rotatable bonds is 3. The minimum atomic E-state index is -0.493. The molecule has 1 aromatic rings. The van der Waals surface area contributed by atoms with E-state index in [2.05, 4.69) is 10.3 Å². The first-order valence-electron chi connectivity index (χ1n) is 7.25. The van der Waals surface area contributed by atoms with E-state index in [0.717, 1.165) is 12.8 Å². The summed E-state index contributed by atoms with van der Waals surface area (Å²) in [5, 5.41) is 14.5. The lowest BCUT2D eigenvalue weighted by atomic mass is 10.2. The molecule has 0 unspecified atom stereocenters. The number of carbonyl (C=O) groups is 1. The molecule has 0 bridgehead atoms. The largest absolute Gasteiger partial charge is 0.301 e. The molecule has 120 valence electrons. The lowest BCUT2D eigenvalue weighted by molar-refractivity contribution is -0.384. The van der Waals surface area contributed by atoms with Crippen molar-refractivity contribution in [2.75, 3.05) is 0 Å². The van der Waals surface area contributed by atoms with Crippen molar-refractivity contribution < 1.29 is 9.72 Å². The second-order valence-electron chi connectivity index (χ2n) is 5.40. The number of aliphatic imine (C=N–C) groups is 1. The van der Waals surface area contributed by atoms with Crippen LogP contribution in [0.25, 0.3) is 6.08 Å². The zero-order valence-electron chi connectivity index (χ0n) is 12.1. The number of hydrogen-bond acceptors (Lipinski definition) is 5. The number of nitro benzene ring substituents is 1. The molecule has 23 heavy (non-hydrogen) atoms. The van der Waals surface area contributed by atoms with Crippen LogP contribution in [0.15, 0.2) is 28.1 Å². The van der Waals surface area contributed by atoms with E-state index in [4.69, 9.17) is 11.6 Å². The van der Waals surface area contributed by atoms with Gasteiger partial charge in [-0.2, -0.15) is 0 Å². The van der Waals surface area contributed by atoms with Crippen LogP contribution >= 0.6 is 23.4 Å². The number of nitro groups is 1. The molecule has 0 aromatic heterocycles. The Morgan fingerprint density at radius 1 is 1.39 bits per heavy atom. The van der Waals surface area contributed by atoms with E-state index >= 15 is 0 Å². The minimum Gasteiger partial charge on any atom is -0.301 e. The first-order valence-corrected chi connectivity index (χ1v) is 8.45. The molecule has 2 aliphatic rings. The van der Waals surface area contributed by atoms with Gasteiger partial charge in [-0.25, -0.2) is 0 Å². The van der Waals surface area contributed by atoms with Crippen LogP contribution in [-0.4, -0.2) is 22.0 Å². The summed E-state index contributed by atoms with van der Waals surface area (Å²) < 4.78 is 0. The predicted molar refractivity (Wildman–Crippen MR) is 91.5 cm³/mol. The Morgan fingerprint density at radius 3 is 2.83 bits per heavy atom. The highest BCUT2D eigenvalue weighted by atomic mass is 35.5. The third-order valence-electron chi connectivity index (χ3n) is 3.75. The van der Waals surface area contributed by atoms with Crippen molar-refractivity contribution in [2.45, 2.75) is 31.7 Å². The minimum absolute atomic E-state index is 0.0653. The summed E-state index contributed by atoms with van der Waals surface area (Å²) in [6, 6.07) is 4.42. The van der Waals surface area contributed by atoms with Crippen molar-refractivity contribution in [3.8, 4) is 0 Å². The van der Waals surface area contributed by atoms with Crippen molar-refractivity contribution in [1.29, 1.82) is 0 Å². The van der Waals surface area contributed by atoms with E-state index in [-0.39, 0.29) is 17.6 Å². The molecule has 1 aliphatic heterocycles. The number of halogens is 1. The van der Waals surface area contributed by atoms with Crippen LogP contribution in [0.4, 0.5) is 5.69 Å². The van der Waals surface area contributed by atoms with Crippen LogP contribution in [0.5, 0.6) is 0 Å². The molecule has 3 rings (SSSR count).